The minimum atomic E-state index is -1.14. The van der Waals surface area contributed by atoms with Gasteiger partial charge in [-0.1, -0.05) is 11.6 Å². The molecule has 2 rings (SSSR count). The van der Waals surface area contributed by atoms with Crippen molar-refractivity contribution >= 4 is 17.9 Å². The molecule has 0 atom stereocenters. The number of nitrogens with one attached hydrogen (secondary N) is 2. The third-order valence-corrected chi connectivity index (χ3v) is 2.89. The van der Waals surface area contributed by atoms with E-state index in [9.17, 15) is 14.4 Å². The molecule has 0 spiro atoms. The molecular weight excluding hydrogens is 276 g/mol. The normalized spacial score (nSPS) is 13.4. The van der Waals surface area contributed by atoms with Crippen molar-refractivity contribution in [2.75, 3.05) is 6.61 Å². The minimum absolute atomic E-state index is 0.0229. The number of carbonyl (C=O) groups excluding carboxylic acids is 2. The molecule has 1 aromatic rings. The summed E-state index contributed by atoms with van der Waals surface area (Å²) in [6, 6.07) is 4.20. The Morgan fingerprint density at radius 1 is 1.33 bits per heavy atom. The molecule has 1 aliphatic rings. The molecule has 0 bridgehead atoms. The maximum absolute atomic E-state index is 11.5. The zero-order valence-electron chi connectivity index (χ0n) is 11.5. The van der Waals surface area contributed by atoms with E-state index in [1.165, 1.54) is 12.1 Å². The van der Waals surface area contributed by atoms with Gasteiger partial charge in [-0.15, -0.1) is 0 Å². The number of hydrogen-bond donors (Lipinski definition) is 3. The summed E-state index contributed by atoms with van der Waals surface area (Å²) in [4.78, 5) is 34.0. The summed E-state index contributed by atoms with van der Waals surface area (Å²) in [7, 11) is 0. The number of hydrogen-bond acceptors (Lipinski definition) is 4. The average Bonchev–Trinajstić information content (AvgIpc) is 3.20. The molecule has 1 fully saturated rings. The second-order valence-corrected chi connectivity index (χ2v) is 4.89. The molecule has 3 N–H and O–H groups in total. The number of carboxylic acid groups (broad SMARTS) is 1. The van der Waals surface area contributed by atoms with Gasteiger partial charge in [0.05, 0.1) is 0 Å². The van der Waals surface area contributed by atoms with Crippen molar-refractivity contribution in [2.45, 2.75) is 25.8 Å². The predicted octanol–water partition coefficient (Wildman–Crippen LogP) is 1.06. The summed E-state index contributed by atoms with van der Waals surface area (Å²) in [5.74, 6) is -1.68. The number of carboxylic acids is 1. The van der Waals surface area contributed by atoms with Crippen LogP contribution in [0.5, 0.6) is 5.75 Å². The first-order valence-corrected chi connectivity index (χ1v) is 6.53. The van der Waals surface area contributed by atoms with Crippen LogP contribution in [-0.4, -0.2) is 35.7 Å². The van der Waals surface area contributed by atoms with Gasteiger partial charge in [-0.05, 0) is 31.9 Å². The molecule has 7 nitrogen and oxygen atoms in total. The Hall–Kier alpha value is -2.57. The van der Waals surface area contributed by atoms with Crippen molar-refractivity contribution in [2.24, 2.45) is 0 Å². The van der Waals surface area contributed by atoms with Crippen LogP contribution in [0, 0.1) is 6.92 Å². The van der Waals surface area contributed by atoms with E-state index in [0.29, 0.717) is 0 Å². The van der Waals surface area contributed by atoms with Gasteiger partial charge in [-0.2, -0.15) is 0 Å². The lowest BCUT2D eigenvalue weighted by Gasteiger charge is -2.10. The van der Waals surface area contributed by atoms with Crippen LogP contribution in [-0.2, 0) is 4.79 Å². The van der Waals surface area contributed by atoms with Crippen molar-refractivity contribution in [1.29, 1.82) is 0 Å². The third kappa shape index (κ3) is 4.48. The third-order valence-electron chi connectivity index (χ3n) is 2.89. The van der Waals surface area contributed by atoms with Gasteiger partial charge >= 0.3 is 12.0 Å². The zero-order chi connectivity index (χ0) is 15.4. The Kier molecular flexibility index (Phi) is 4.42. The SMILES string of the molecule is Cc1ccc(OCC(=O)NC(=O)NC2CC2)c(C(=O)O)c1. The summed E-state index contributed by atoms with van der Waals surface area (Å²) >= 11 is 0. The van der Waals surface area contributed by atoms with Crippen LogP contribution in [0.1, 0.15) is 28.8 Å². The monoisotopic (exact) mass is 292 g/mol. The molecule has 0 unspecified atom stereocenters. The first-order valence-electron chi connectivity index (χ1n) is 6.53. The van der Waals surface area contributed by atoms with Crippen LogP contribution in [0.25, 0.3) is 0 Å². The Bertz CT molecular complexity index is 581. The van der Waals surface area contributed by atoms with Gasteiger partial charge in [-0.25, -0.2) is 9.59 Å². The summed E-state index contributed by atoms with van der Waals surface area (Å²) in [5.41, 5.74) is 0.748. The van der Waals surface area contributed by atoms with E-state index in [4.69, 9.17) is 9.84 Å². The fourth-order valence-corrected chi connectivity index (χ4v) is 1.69. The van der Waals surface area contributed by atoms with Crippen LogP contribution in [0.4, 0.5) is 4.79 Å². The highest BCUT2D eigenvalue weighted by Gasteiger charge is 2.24. The maximum atomic E-state index is 11.5. The molecule has 0 aromatic heterocycles. The Labute approximate surface area is 121 Å². The molecule has 1 aromatic carbocycles. The standard InChI is InChI=1S/C14H16N2O5/c1-8-2-5-11(10(6-8)13(18)19)21-7-12(17)16-14(20)15-9-3-4-9/h2,5-6,9H,3-4,7H2,1H3,(H,18,19)(H2,15,16,17,20). The van der Waals surface area contributed by atoms with Crippen LogP contribution >= 0.6 is 0 Å². The number of ether oxygens (including phenoxy) is 1. The lowest BCUT2D eigenvalue weighted by atomic mass is 10.1. The highest BCUT2D eigenvalue weighted by Crippen LogP contribution is 2.20. The van der Waals surface area contributed by atoms with Crippen LogP contribution in [0.3, 0.4) is 0 Å². The number of amides is 3. The van der Waals surface area contributed by atoms with Crippen molar-refractivity contribution in [3.8, 4) is 5.75 Å². The van der Waals surface area contributed by atoms with Gasteiger partial charge in [0, 0.05) is 6.04 Å². The van der Waals surface area contributed by atoms with Crippen LogP contribution in [0.15, 0.2) is 18.2 Å². The van der Waals surface area contributed by atoms with Crippen molar-refractivity contribution in [3.63, 3.8) is 0 Å². The molecule has 1 aliphatic carbocycles. The first kappa shape index (κ1) is 14.8. The quantitative estimate of drug-likeness (QED) is 0.752. The van der Waals surface area contributed by atoms with Crippen molar-refractivity contribution < 1.29 is 24.2 Å². The molecule has 0 heterocycles. The van der Waals surface area contributed by atoms with E-state index in [1.807, 2.05) is 0 Å². The topological polar surface area (TPSA) is 105 Å². The van der Waals surface area contributed by atoms with Gasteiger partial charge in [0.2, 0.25) is 0 Å². The number of carbonyl (C=O) groups is 3. The Morgan fingerprint density at radius 3 is 2.67 bits per heavy atom. The summed E-state index contributed by atoms with van der Waals surface area (Å²) in [6.07, 6.45) is 1.84. The molecule has 0 saturated heterocycles. The molecule has 7 heteroatoms. The van der Waals surface area contributed by atoms with Gasteiger partial charge in [0.15, 0.2) is 6.61 Å². The number of urea groups is 1. The van der Waals surface area contributed by atoms with Crippen molar-refractivity contribution in [1.82, 2.24) is 10.6 Å². The number of benzene rings is 1. The molecule has 0 radical (unpaired) electrons. The minimum Gasteiger partial charge on any atom is -0.483 e. The van der Waals surface area contributed by atoms with Gasteiger partial charge in [-0.3, -0.25) is 10.1 Å². The highest BCUT2D eigenvalue weighted by atomic mass is 16.5. The lowest BCUT2D eigenvalue weighted by Crippen LogP contribution is -2.42. The second-order valence-electron chi connectivity index (χ2n) is 4.89. The first-order chi connectivity index (χ1) is 9.95. The zero-order valence-corrected chi connectivity index (χ0v) is 11.5. The number of rotatable bonds is 5. The van der Waals surface area contributed by atoms with E-state index in [-0.39, 0.29) is 17.4 Å². The highest BCUT2D eigenvalue weighted by molar-refractivity contribution is 5.95. The molecular formula is C14H16N2O5. The fraction of sp³-hybridized carbons (Fsp3) is 0.357. The van der Waals surface area contributed by atoms with E-state index in [0.717, 1.165) is 18.4 Å². The molecule has 3 amide bonds. The molecule has 21 heavy (non-hydrogen) atoms. The smallest absolute Gasteiger partial charge is 0.339 e. The summed E-state index contributed by atoms with van der Waals surface area (Å²) < 4.78 is 5.16. The molecule has 112 valence electrons. The van der Waals surface area contributed by atoms with E-state index >= 15 is 0 Å². The Balaban J connectivity index is 1.88. The van der Waals surface area contributed by atoms with Crippen LogP contribution < -0.4 is 15.4 Å². The molecule has 0 aliphatic heterocycles. The number of imide groups is 1. The van der Waals surface area contributed by atoms with Crippen molar-refractivity contribution in [3.05, 3.63) is 29.3 Å². The largest absolute Gasteiger partial charge is 0.483 e. The maximum Gasteiger partial charge on any atom is 0.339 e. The Morgan fingerprint density at radius 2 is 2.05 bits per heavy atom. The fourth-order valence-electron chi connectivity index (χ4n) is 1.69. The number of aromatic carboxylic acids is 1. The van der Waals surface area contributed by atoms with Gasteiger partial charge in [0.1, 0.15) is 11.3 Å². The average molecular weight is 292 g/mol. The van der Waals surface area contributed by atoms with Gasteiger partial charge in [0.25, 0.3) is 5.91 Å². The van der Waals surface area contributed by atoms with E-state index < -0.39 is 24.5 Å². The second kappa shape index (κ2) is 6.25. The predicted molar refractivity (Wildman–Crippen MR) is 73.3 cm³/mol. The summed E-state index contributed by atoms with van der Waals surface area (Å²) in [6.45, 7) is 1.33. The van der Waals surface area contributed by atoms with E-state index in [2.05, 4.69) is 10.6 Å². The summed E-state index contributed by atoms with van der Waals surface area (Å²) in [5, 5.41) is 13.8. The van der Waals surface area contributed by atoms with Crippen LogP contribution in [0.2, 0.25) is 0 Å². The lowest BCUT2D eigenvalue weighted by molar-refractivity contribution is -0.122. The van der Waals surface area contributed by atoms with Gasteiger partial charge < -0.3 is 15.2 Å². The molecule has 1 saturated carbocycles. The van der Waals surface area contributed by atoms with E-state index in [1.54, 1.807) is 13.0 Å². The number of aryl methyl sites for hydroxylation is 1.